The third-order valence-corrected chi connectivity index (χ3v) is 3.13. The molecule has 1 atom stereocenters. The van der Waals surface area contributed by atoms with Gasteiger partial charge < -0.3 is 5.73 Å². The number of rotatable bonds is 2. The second-order valence-electron chi connectivity index (χ2n) is 4.73. The standard InChI is InChI=1S/C12H20N2/c1-10-3-2-6-14(8-10)9-11-4-5-12(13)7-11/h4-5,10H,2-3,6-9,13H2,1H3. The van der Waals surface area contributed by atoms with Gasteiger partial charge in [-0.15, -0.1) is 0 Å². The van der Waals surface area contributed by atoms with Gasteiger partial charge in [-0.1, -0.05) is 18.6 Å². The first-order chi connectivity index (χ1) is 6.74. The van der Waals surface area contributed by atoms with Crippen molar-refractivity contribution in [1.29, 1.82) is 0 Å². The maximum absolute atomic E-state index is 5.75. The summed E-state index contributed by atoms with van der Waals surface area (Å²) in [6, 6.07) is 0. The monoisotopic (exact) mass is 192 g/mol. The van der Waals surface area contributed by atoms with Gasteiger partial charge in [0.15, 0.2) is 0 Å². The van der Waals surface area contributed by atoms with Crippen molar-refractivity contribution in [2.45, 2.75) is 26.2 Å². The van der Waals surface area contributed by atoms with E-state index in [9.17, 15) is 0 Å². The zero-order valence-electron chi connectivity index (χ0n) is 9.00. The first-order valence-corrected chi connectivity index (χ1v) is 5.60. The molecule has 2 nitrogen and oxygen atoms in total. The van der Waals surface area contributed by atoms with Crippen molar-refractivity contribution >= 4 is 0 Å². The number of nitrogens with zero attached hydrogens (tertiary/aromatic N) is 1. The highest BCUT2D eigenvalue weighted by atomic mass is 15.1. The van der Waals surface area contributed by atoms with Crippen LogP contribution < -0.4 is 5.73 Å². The summed E-state index contributed by atoms with van der Waals surface area (Å²) in [5, 5.41) is 0. The molecule has 2 N–H and O–H groups in total. The predicted molar refractivity (Wildman–Crippen MR) is 59.8 cm³/mol. The third kappa shape index (κ3) is 2.38. The summed E-state index contributed by atoms with van der Waals surface area (Å²) in [6.07, 6.45) is 7.98. The molecule has 0 spiro atoms. The zero-order chi connectivity index (χ0) is 9.97. The molecule has 0 bridgehead atoms. The minimum Gasteiger partial charge on any atom is -0.402 e. The molecule has 1 heterocycles. The molecule has 0 aromatic rings. The van der Waals surface area contributed by atoms with Crippen LogP contribution >= 0.6 is 0 Å². The van der Waals surface area contributed by atoms with Gasteiger partial charge in [-0.2, -0.15) is 0 Å². The van der Waals surface area contributed by atoms with E-state index in [0.29, 0.717) is 0 Å². The molecule has 0 saturated carbocycles. The number of likely N-dealkylation sites (tertiary alicyclic amines) is 1. The van der Waals surface area contributed by atoms with Crippen molar-refractivity contribution in [3.8, 4) is 0 Å². The van der Waals surface area contributed by atoms with Crippen molar-refractivity contribution in [3.63, 3.8) is 0 Å². The SMILES string of the molecule is CC1CCCN(CC2=CC=C(N)C2)C1. The Balaban J connectivity index is 1.81. The van der Waals surface area contributed by atoms with Crippen LogP contribution in [0.2, 0.25) is 0 Å². The van der Waals surface area contributed by atoms with Crippen molar-refractivity contribution < 1.29 is 0 Å². The van der Waals surface area contributed by atoms with Crippen molar-refractivity contribution in [1.82, 2.24) is 4.90 Å². The number of hydrogen-bond donors (Lipinski definition) is 1. The summed E-state index contributed by atoms with van der Waals surface area (Å²) in [7, 11) is 0. The first-order valence-electron chi connectivity index (χ1n) is 5.60. The topological polar surface area (TPSA) is 29.3 Å². The molecule has 0 amide bonds. The molecule has 1 aliphatic carbocycles. The summed E-state index contributed by atoms with van der Waals surface area (Å²) in [5.41, 5.74) is 8.25. The Morgan fingerprint density at radius 3 is 3.00 bits per heavy atom. The van der Waals surface area contributed by atoms with Gasteiger partial charge in [-0.25, -0.2) is 0 Å². The van der Waals surface area contributed by atoms with E-state index in [2.05, 4.69) is 17.9 Å². The van der Waals surface area contributed by atoms with E-state index in [0.717, 1.165) is 24.6 Å². The lowest BCUT2D eigenvalue weighted by molar-refractivity contribution is 0.197. The first kappa shape index (κ1) is 9.78. The van der Waals surface area contributed by atoms with E-state index in [1.54, 1.807) is 0 Å². The second kappa shape index (κ2) is 4.18. The summed E-state index contributed by atoms with van der Waals surface area (Å²) in [5.74, 6) is 0.871. The van der Waals surface area contributed by atoms with Gasteiger partial charge in [0.25, 0.3) is 0 Å². The Hall–Kier alpha value is -0.760. The molecule has 78 valence electrons. The van der Waals surface area contributed by atoms with Gasteiger partial charge in [0.2, 0.25) is 0 Å². The number of hydrogen-bond acceptors (Lipinski definition) is 2. The number of piperidine rings is 1. The molecule has 1 aliphatic heterocycles. The highest BCUT2D eigenvalue weighted by molar-refractivity contribution is 5.29. The van der Waals surface area contributed by atoms with Crippen LogP contribution in [0, 0.1) is 5.92 Å². The molecule has 2 heteroatoms. The molecule has 0 radical (unpaired) electrons. The van der Waals surface area contributed by atoms with E-state index in [1.165, 1.54) is 31.5 Å². The quantitative estimate of drug-likeness (QED) is 0.724. The van der Waals surface area contributed by atoms with Crippen LogP contribution in [0.1, 0.15) is 26.2 Å². The third-order valence-electron chi connectivity index (χ3n) is 3.13. The molecule has 2 rings (SSSR count). The smallest absolute Gasteiger partial charge is 0.0200 e. The average Bonchev–Trinajstić information content (AvgIpc) is 2.51. The van der Waals surface area contributed by atoms with Crippen LogP contribution in [0.3, 0.4) is 0 Å². The Bertz CT molecular complexity index is 265. The van der Waals surface area contributed by atoms with Gasteiger partial charge in [-0.05, 0) is 31.4 Å². The lowest BCUT2D eigenvalue weighted by Crippen LogP contribution is -2.35. The van der Waals surface area contributed by atoms with Crippen LogP contribution in [-0.4, -0.2) is 24.5 Å². The Labute approximate surface area is 86.5 Å². The lowest BCUT2D eigenvalue weighted by atomic mass is 10.00. The minimum absolute atomic E-state index is 0.871. The van der Waals surface area contributed by atoms with Crippen molar-refractivity contribution in [3.05, 3.63) is 23.4 Å². The van der Waals surface area contributed by atoms with E-state index < -0.39 is 0 Å². The Morgan fingerprint density at radius 1 is 1.50 bits per heavy atom. The number of allylic oxidation sites excluding steroid dienone is 3. The van der Waals surface area contributed by atoms with E-state index >= 15 is 0 Å². The summed E-state index contributed by atoms with van der Waals surface area (Å²) in [4.78, 5) is 2.56. The van der Waals surface area contributed by atoms with E-state index in [-0.39, 0.29) is 0 Å². The van der Waals surface area contributed by atoms with Gasteiger partial charge in [0, 0.05) is 25.2 Å². The van der Waals surface area contributed by atoms with E-state index in [1.807, 2.05) is 6.08 Å². The van der Waals surface area contributed by atoms with Crippen LogP contribution in [0.25, 0.3) is 0 Å². The molecule has 1 saturated heterocycles. The normalized spacial score (nSPS) is 28.8. The average molecular weight is 192 g/mol. The molecule has 2 aliphatic rings. The van der Waals surface area contributed by atoms with Crippen LogP contribution in [0.5, 0.6) is 0 Å². The molecular weight excluding hydrogens is 172 g/mol. The van der Waals surface area contributed by atoms with Crippen molar-refractivity contribution in [2.75, 3.05) is 19.6 Å². The fraction of sp³-hybridized carbons (Fsp3) is 0.667. The van der Waals surface area contributed by atoms with Gasteiger partial charge in [-0.3, -0.25) is 4.90 Å². The zero-order valence-corrected chi connectivity index (χ0v) is 9.00. The molecule has 1 unspecified atom stereocenters. The van der Waals surface area contributed by atoms with Crippen LogP contribution in [0.15, 0.2) is 23.4 Å². The Kier molecular flexibility index (Phi) is 2.92. The summed E-state index contributed by atoms with van der Waals surface area (Å²) >= 11 is 0. The highest BCUT2D eigenvalue weighted by Crippen LogP contribution is 2.20. The van der Waals surface area contributed by atoms with Crippen LogP contribution in [-0.2, 0) is 0 Å². The maximum atomic E-state index is 5.75. The van der Waals surface area contributed by atoms with Crippen LogP contribution in [0.4, 0.5) is 0 Å². The largest absolute Gasteiger partial charge is 0.402 e. The Morgan fingerprint density at radius 2 is 2.36 bits per heavy atom. The van der Waals surface area contributed by atoms with Crippen molar-refractivity contribution in [2.24, 2.45) is 11.7 Å². The molecular formula is C12H20N2. The molecule has 0 aromatic carbocycles. The molecule has 14 heavy (non-hydrogen) atoms. The number of nitrogens with two attached hydrogens (primary N) is 1. The summed E-state index contributed by atoms with van der Waals surface area (Å²) in [6.45, 7) is 6.00. The lowest BCUT2D eigenvalue weighted by Gasteiger charge is -2.31. The maximum Gasteiger partial charge on any atom is 0.0200 e. The van der Waals surface area contributed by atoms with Gasteiger partial charge in [0.1, 0.15) is 0 Å². The van der Waals surface area contributed by atoms with E-state index in [4.69, 9.17) is 5.73 Å². The predicted octanol–water partition coefficient (Wildman–Crippen LogP) is 1.89. The molecule has 0 aromatic heterocycles. The summed E-state index contributed by atoms with van der Waals surface area (Å²) < 4.78 is 0. The van der Waals surface area contributed by atoms with Gasteiger partial charge >= 0.3 is 0 Å². The second-order valence-corrected chi connectivity index (χ2v) is 4.73. The highest BCUT2D eigenvalue weighted by Gasteiger charge is 2.17. The molecule has 1 fully saturated rings. The fourth-order valence-corrected chi connectivity index (χ4v) is 2.43. The fourth-order valence-electron chi connectivity index (χ4n) is 2.43. The minimum atomic E-state index is 0.871. The van der Waals surface area contributed by atoms with Gasteiger partial charge in [0.05, 0.1) is 0 Å².